The predicted octanol–water partition coefficient (Wildman–Crippen LogP) is 3.16. The molecule has 4 nitrogen and oxygen atoms in total. The molecule has 18 heavy (non-hydrogen) atoms. The van der Waals surface area contributed by atoms with Crippen molar-refractivity contribution in [2.24, 2.45) is 5.92 Å². The molecule has 0 spiro atoms. The van der Waals surface area contributed by atoms with Crippen molar-refractivity contribution < 1.29 is 14.3 Å². The smallest absolute Gasteiger partial charge is 0.371 e. The van der Waals surface area contributed by atoms with Crippen LogP contribution in [0.15, 0.2) is 16.5 Å². The Bertz CT molecular complexity index is 420. The van der Waals surface area contributed by atoms with Crippen LogP contribution in [0.25, 0.3) is 0 Å². The molecule has 1 unspecified atom stereocenters. The first-order chi connectivity index (χ1) is 8.49. The minimum Gasteiger partial charge on any atom is -0.475 e. The van der Waals surface area contributed by atoms with Crippen molar-refractivity contribution >= 4 is 5.97 Å². The van der Waals surface area contributed by atoms with Gasteiger partial charge in [0, 0.05) is 12.6 Å². The summed E-state index contributed by atoms with van der Waals surface area (Å²) in [5.41, 5.74) is 0. The van der Waals surface area contributed by atoms with Crippen LogP contribution in [0.2, 0.25) is 0 Å². The standard InChI is InChI=1S/C14H21NO3/c1-9(2)15(8-11-4-5-11)10(3)12-6-7-13(18-12)14(16)17/h6-7,9-11H,4-5,8H2,1-3H3,(H,16,17). The lowest BCUT2D eigenvalue weighted by Gasteiger charge is -2.31. The Labute approximate surface area is 108 Å². The maximum Gasteiger partial charge on any atom is 0.371 e. The lowest BCUT2D eigenvalue weighted by Crippen LogP contribution is -2.35. The van der Waals surface area contributed by atoms with Gasteiger partial charge in [0.05, 0.1) is 6.04 Å². The molecule has 2 rings (SSSR count). The van der Waals surface area contributed by atoms with Gasteiger partial charge in [-0.25, -0.2) is 4.79 Å². The second-order valence-electron chi connectivity index (χ2n) is 5.42. The summed E-state index contributed by atoms with van der Waals surface area (Å²) in [4.78, 5) is 13.2. The van der Waals surface area contributed by atoms with E-state index in [-0.39, 0.29) is 11.8 Å². The van der Waals surface area contributed by atoms with Gasteiger partial charge in [0.2, 0.25) is 5.76 Å². The first-order valence-corrected chi connectivity index (χ1v) is 6.57. The fraction of sp³-hybridized carbons (Fsp3) is 0.643. The molecule has 1 aromatic heterocycles. The van der Waals surface area contributed by atoms with Gasteiger partial charge >= 0.3 is 5.97 Å². The number of carbonyl (C=O) groups is 1. The summed E-state index contributed by atoms with van der Waals surface area (Å²) in [6, 6.07) is 3.86. The average molecular weight is 251 g/mol. The highest BCUT2D eigenvalue weighted by Gasteiger charge is 2.29. The first kappa shape index (κ1) is 13.1. The minimum atomic E-state index is -1.01. The Balaban J connectivity index is 2.10. The third-order valence-corrected chi connectivity index (χ3v) is 3.58. The number of hydrogen-bond donors (Lipinski definition) is 1. The van der Waals surface area contributed by atoms with E-state index in [0.29, 0.717) is 6.04 Å². The number of nitrogens with zero attached hydrogens (tertiary/aromatic N) is 1. The van der Waals surface area contributed by atoms with Crippen molar-refractivity contribution in [3.8, 4) is 0 Å². The summed E-state index contributed by atoms with van der Waals surface area (Å²) < 4.78 is 5.40. The summed E-state index contributed by atoms with van der Waals surface area (Å²) in [6.07, 6.45) is 2.63. The zero-order chi connectivity index (χ0) is 13.3. The SMILES string of the molecule is CC(C)N(CC1CC1)C(C)c1ccc(C(=O)O)o1. The van der Waals surface area contributed by atoms with Gasteiger partial charge in [-0.1, -0.05) is 0 Å². The number of furan rings is 1. The summed E-state index contributed by atoms with van der Waals surface area (Å²) in [5, 5.41) is 8.88. The van der Waals surface area contributed by atoms with E-state index in [1.54, 1.807) is 6.07 Å². The van der Waals surface area contributed by atoms with E-state index < -0.39 is 5.97 Å². The van der Waals surface area contributed by atoms with Crippen LogP contribution < -0.4 is 0 Å². The molecule has 1 aromatic rings. The number of rotatable bonds is 6. The molecule has 0 amide bonds. The molecular formula is C14H21NO3. The molecule has 1 fully saturated rings. The highest BCUT2D eigenvalue weighted by molar-refractivity contribution is 5.84. The molecule has 1 N–H and O–H groups in total. The van der Waals surface area contributed by atoms with Crippen LogP contribution in [0.3, 0.4) is 0 Å². The number of carboxylic acid groups (broad SMARTS) is 1. The van der Waals surface area contributed by atoms with E-state index in [4.69, 9.17) is 9.52 Å². The van der Waals surface area contributed by atoms with Gasteiger partial charge in [0.15, 0.2) is 0 Å². The van der Waals surface area contributed by atoms with E-state index in [1.807, 2.05) is 0 Å². The summed E-state index contributed by atoms with van der Waals surface area (Å²) in [7, 11) is 0. The van der Waals surface area contributed by atoms with E-state index in [1.165, 1.54) is 18.9 Å². The fourth-order valence-electron chi connectivity index (χ4n) is 2.27. The van der Waals surface area contributed by atoms with Crippen molar-refractivity contribution in [3.63, 3.8) is 0 Å². The molecule has 0 radical (unpaired) electrons. The van der Waals surface area contributed by atoms with Crippen molar-refractivity contribution in [2.45, 2.75) is 45.7 Å². The molecule has 0 saturated heterocycles. The molecule has 100 valence electrons. The van der Waals surface area contributed by atoms with Gasteiger partial charge in [0.1, 0.15) is 5.76 Å². The van der Waals surface area contributed by atoms with E-state index >= 15 is 0 Å². The van der Waals surface area contributed by atoms with Crippen molar-refractivity contribution in [3.05, 3.63) is 23.7 Å². The molecule has 1 aliphatic rings. The van der Waals surface area contributed by atoms with Crippen molar-refractivity contribution in [1.82, 2.24) is 4.90 Å². The van der Waals surface area contributed by atoms with Crippen LogP contribution in [0.1, 0.15) is 56.0 Å². The van der Waals surface area contributed by atoms with Gasteiger partial charge in [-0.15, -0.1) is 0 Å². The Hall–Kier alpha value is -1.29. The van der Waals surface area contributed by atoms with Crippen LogP contribution in [0.4, 0.5) is 0 Å². The van der Waals surface area contributed by atoms with E-state index in [0.717, 1.165) is 18.2 Å². The van der Waals surface area contributed by atoms with Crippen LogP contribution in [-0.2, 0) is 0 Å². The number of hydrogen-bond acceptors (Lipinski definition) is 3. The maximum atomic E-state index is 10.8. The van der Waals surface area contributed by atoms with Gasteiger partial charge in [0.25, 0.3) is 0 Å². The van der Waals surface area contributed by atoms with Gasteiger partial charge < -0.3 is 9.52 Å². The zero-order valence-corrected chi connectivity index (χ0v) is 11.2. The highest BCUT2D eigenvalue weighted by atomic mass is 16.4. The fourth-order valence-corrected chi connectivity index (χ4v) is 2.27. The summed E-state index contributed by atoms with van der Waals surface area (Å²) in [6.45, 7) is 7.48. The minimum absolute atomic E-state index is 0.0204. The Kier molecular flexibility index (Phi) is 3.76. The second kappa shape index (κ2) is 5.14. The third kappa shape index (κ3) is 2.93. The molecule has 4 heteroatoms. The quantitative estimate of drug-likeness (QED) is 0.843. The van der Waals surface area contributed by atoms with Crippen LogP contribution in [0.5, 0.6) is 0 Å². The molecule has 0 aliphatic heterocycles. The van der Waals surface area contributed by atoms with Gasteiger partial charge in [-0.2, -0.15) is 0 Å². The molecule has 1 heterocycles. The Morgan fingerprint density at radius 2 is 2.11 bits per heavy atom. The topological polar surface area (TPSA) is 53.7 Å². The Morgan fingerprint density at radius 3 is 2.56 bits per heavy atom. The molecule has 0 aromatic carbocycles. The number of carboxylic acids is 1. The molecule has 1 saturated carbocycles. The molecule has 1 aliphatic carbocycles. The molecule has 0 bridgehead atoms. The van der Waals surface area contributed by atoms with Crippen molar-refractivity contribution in [1.29, 1.82) is 0 Å². The van der Waals surface area contributed by atoms with E-state index in [9.17, 15) is 4.79 Å². The Morgan fingerprint density at radius 1 is 1.44 bits per heavy atom. The largest absolute Gasteiger partial charge is 0.475 e. The summed E-state index contributed by atoms with van der Waals surface area (Å²) >= 11 is 0. The van der Waals surface area contributed by atoms with Gasteiger partial charge in [-0.3, -0.25) is 4.90 Å². The number of aromatic carboxylic acids is 1. The van der Waals surface area contributed by atoms with E-state index in [2.05, 4.69) is 25.7 Å². The van der Waals surface area contributed by atoms with Crippen LogP contribution >= 0.6 is 0 Å². The maximum absolute atomic E-state index is 10.8. The zero-order valence-electron chi connectivity index (χ0n) is 11.2. The van der Waals surface area contributed by atoms with Crippen LogP contribution in [-0.4, -0.2) is 28.6 Å². The normalized spacial score (nSPS) is 17.4. The lowest BCUT2D eigenvalue weighted by molar-refractivity contribution is 0.0653. The second-order valence-corrected chi connectivity index (χ2v) is 5.42. The lowest BCUT2D eigenvalue weighted by atomic mass is 10.1. The van der Waals surface area contributed by atoms with Crippen molar-refractivity contribution in [2.75, 3.05) is 6.54 Å². The third-order valence-electron chi connectivity index (χ3n) is 3.58. The highest BCUT2D eigenvalue weighted by Crippen LogP contribution is 2.34. The first-order valence-electron chi connectivity index (χ1n) is 6.57. The monoisotopic (exact) mass is 251 g/mol. The predicted molar refractivity (Wildman–Crippen MR) is 68.6 cm³/mol. The van der Waals surface area contributed by atoms with Gasteiger partial charge in [-0.05, 0) is 51.7 Å². The molecular weight excluding hydrogens is 230 g/mol. The average Bonchev–Trinajstić information content (AvgIpc) is 2.97. The molecule has 1 atom stereocenters. The van der Waals surface area contributed by atoms with Crippen LogP contribution in [0, 0.1) is 5.92 Å². The summed E-state index contributed by atoms with van der Waals surface area (Å²) in [5.74, 6) is 0.559.